The van der Waals surface area contributed by atoms with E-state index in [1.165, 1.54) is 19.2 Å². The fraction of sp³-hybridized carbons (Fsp3) is 0.136. The highest BCUT2D eigenvalue weighted by atomic mass is 16.6. The van der Waals surface area contributed by atoms with Gasteiger partial charge in [0.2, 0.25) is 5.75 Å². The van der Waals surface area contributed by atoms with E-state index in [2.05, 4.69) is 5.32 Å². The lowest BCUT2D eigenvalue weighted by atomic mass is 10.0. The van der Waals surface area contributed by atoms with Crippen LogP contribution in [0.15, 0.2) is 66.7 Å². The topological polar surface area (TPSA) is 105 Å². The number of carbonyl (C=O) groups is 1. The number of hydrogen-bond acceptors (Lipinski definition) is 6. The van der Waals surface area contributed by atoms with Gasteiger partial charge in [-0.3, -0.25) is 14.9 Å². The number of fused-ring (bicyclic) bond motifs is 1. The normalized spacial score (nSPS) is 15.3. The number of ether oxygens (including phenoxy) is 1. The van der Waals surface area contributed by atoms with Gasteiger partial charge in [-0.05, 0) is 23.8 Å². The van der Waals surface area contributed by atoms with Crippen molar-refractivity contribution in [3.63, 3.8) is 0 Å². The summed E-state index contributed by atoms with van der Waals surface area (Å²) in [4.78, 5) is 25.7. The largest absolute Gasteiger partial charge is 0.500 e. The summed E-state index contributed by atoms with van der Waals surface area (Å²) in [6, 6.07) is 19.3. The van der Waals surface area contributed by atoms with Crippen LogP contribution in [0.3, 0.4) is 0 Å². The molecule has 1 aliphatic heterocycles. The van der Waals surface area contributed by atoms with Gasteiger partial charge < -0.3 is 20.1 Å². The minimum atomic E-state index is -0.694. The first-order valence-electron chi connectivity index (χ1n) is 9.25. The minimum Gasteiger partial charge on any atom is -0.500 e. The van der Waals surface area contributed by atoms with Gasteiger partial charge in [-0.15, -0.1) is 0 Å². The summed E-state index contributed by atoms with van der Waals surface area (Å²) in [6.45, 7) is 0.294. The summed E-state index contributed by atoms with van der Waals surface area (Å²) in [5, 5.41) is 24.9. The molecule has 30 heavy (non-hydrogen) atoms. The highest BCUT2D eigenvalue weighted by Crippen LogP contribution is 2.42. The van der Waals surface area contributed by atoms with E-state index in [0.717, 1.165) is 5.56 Å². The van der Waals surface area contributed by atoms with Gasteiger partial charge in [-0.1, -0.05) is 42.5 Å². The van der Waals surface area contributed by atoms with Crippen molar-refractivity contribution in [3.8, 4) is 11.5 Å². The number of benzene rings is 3. The number of hydrogen-bond donors (Lipinski definition) is 2. The third-order valence-corrected chi connectivity index (χ3v) is 5.03. The summed E-state index contributed by atoms with van der Waals surface area (Å²) in [7, 11) is 1.32. The minimum absolute atomic E-state index is 0.0352. The van der Waals surface area contributed by atoms with Crippen LogP contribution in [0.5, 0.6) is 11.5 Å². The Hall–Kier alpha value is -4.07. The van der Waals surface area contributed by atoms with Gasteiger partial charge in [0, 0.05) is 23.9 Å². The van der Waals surface area contributed by atoms with Crippen molar-refractivity contribution < 1.29 is 19.6 Å². The van der Waals surface area contributed by atoms with Crippen LogP contribution in [-0.2, 0) is 6.54 Å². The van der Waals surface area contributed by atoms with Crippen molar-refractivity contribution in [3.05, 3.63) is 93.5 Å². The van der Waals surface area contributed by atoms with Crippen LogP contribution in [0.25, 0.3) is 0 Å². The van der Waals surface area contributed by atoms with Crippen LogP contribution in [0, 0.1) is 10.1 Å². The van der Waals surface area contributed by atoms with E-state index in [1.54, 1.807) is 23.1 Å². The maximum atomic E-state index is 13.3. The Bertz CT molecular complexity index is 1120. The monoisotopic (exact) mass is 405 g/mol. The fourth-order valence-electron chi connectivity index (χ4n) is 3.57. The molecule has 0 bridgehead atoms. The maximum absolute atomic E-state index is 13.3. The van der Waals surface area contributed by atoms with Gasteiger partial charge in [0.1, 0.15) is 6.17 Å². The Kier molecular flexibility index (Phi) is 4.97. The Morgan fingerprint density at radius 1 is 1.13 bits per heavy atom. The van der Waals surface area contributed by atoms with Crippen LogP contribution >= 0.6 is 0 Å². The summed E-state index contributed by atoms with van der Waals surface area (Å²) >= 11 is 0. The number of para-hydroxylation sites is 1. The highest BCUT2D eigenvalue weighted by molar-refractivity contribution is 6.01. The number of carbonyl (C=O) groups excluding carboxylic acids is 1. The van der Waals surface area contributed by atoms with Crippen molar-refractivity contribution in [2.24, 2.45) is 0 Å². The quantitative estimate of drug-likeness (QED) is 0.490. The molecule has 8 heteroatoms. The molecule has 0 radical (unpaired) electrons. The maximum Gasteiger partial charge on any atom is 0.315 e. The zero-order chi connectivity index (χ0) is 21.3. The van der Waals surface area contributed by atoms with E-state index in [0.29, 0.717) is 23.4 Å². The van der Waals surface area contributed by atoms with Gasteiger partial charge in [0.25, 0.3) is 5.91 Å². The van der Waals surface area contributed by atoms with Crippen LogP contribution in [0.4, 0.5) is 11.4 Å². The average Bonchev–Trinajstić information content (AvgIpc) is 2.76. The number of nitro benzene ring substituents is 1. The SMILES string of the molecule is COc1cc([C@H]2Nc3ccccc3C(=O)N2Cc2ccccc2)cc([N+](=O)[O-])c1O. The second-order valence-electron chi connectivity index (χ2n) is 6.86. The third-order valence-electron chi connectivity index (χ3n) is 5.03. The first-order valence-corrected chi connectivity index (χ1v) is 9.25. The van der Waals surface area contributed by atoms with Crippen molar-refractivity contribution in [2.75, 3.05) is 12.4 Å². The number of aromatic hydroxyl groups is 1. The molecule has 1 atom stereocenters. The molecular formula is C22H19N3O5. The second kappa shape index (κ2) is 7.75. The number of phenolic OH excluding ortho intramolecular Hbond substituents is 1. The number of amides is 1. The molecule has 3 aromatic rings. The molecule has 3 aromatic carbocycles. The smallest absolute Gasteiger partial charge is 0.315 e. The molecule has 0 unspecified atom stereocenters. The fourth-order valence-corrected chi connectivity index (χ4v) is 3.57. The second-order valence-corrected chi connectivity index (χ2v) is 6.86. The molecule has 1 aliphatic rings. The number of anilines is 1. The summed E-state index contributed by atoms with van der Waals surface area (Å²) < 4.78 is 5.13. The van der Waals surface area contributed by atoms with Crippen molar-refractivity contribution in [2.45, 2.75) is 12.7 Å². The first-order chi connectivity index (χ1) is 14.5. The summed E-state index contributed by atoms with van der Waals surface area (Å²) in [5.74, 6) is -0.789. The number of methoxy groups -OCH3 is 1. The molecular weight excluding hydrogens is 386 g/mol. The molecule has 1 amide bonds. The average molecular weight is 405 g/mol. The number of nitrogens with one attached hydrogen (secondary N) is 1. The van der Waals surface area contributed by atoms with Crippen LogP contribution in [0.2, 0.25) is 0 Å². The van der Waals surface area contributed by atoms with Crippen molar-refractivity contribution in [1.82, 2.24) is 4.90 Å². The molecule has 4 rings (SSSR count). The number of phenols is 1. The van der Waals surface area contributed by atoms with Gasteiger partial charge in [0.05, 0.1) is 17.6 Å². The van der Waals surface area contributed by atoms with Crippen LogP contribution in [0.1, 0.15) is 27.7 Å². The Morgan fingerprint density at radius 2 is 1.83 bits per heavy atom. The Balaban J connectivity index is 1.84. The third kappa shape index (κ3) is 3.39. The first kappa shape index (κ1) is 19.3. The van der Waals surface area contributed by atoms with Gasteiger partial charge in [-0.2, -0.15) is 0 Å². The molecule has 8 nitrogen and oxygen atoms in total. The van der Waals surface area contributed by atoms with E-state index in [4.69, 9.17) is 4.74 Å². The summed E-state index contributed by atoms with van der Waals surface area (Å²) in [6.07, 6.45) is -0.694. The Morgan fingerprint density at radius 3 is 2.53 bits per heavy atom. The molecule has 1 heterocycles. The predicted molar refractivity (Wildman–Crippen MR) is 110 cm³/mol. The molecule has 0 saturated heterocycles. The molecule has 0 fully saturated rings. The number of rotatable bonds is 5. The van der Waals surface area contributed by atoms with Gasteiger partial charge >= 0.3 is 5.69 Å². The molecule has 0 spiro atoms. The number of nitrogens with zero attached hydrogens (tertiary/aromatic N) is 2. The van der Waals surface area contributed by atoms with E-state index >= 15 is 0 Å². The lowest BCUT2D eigenvalue weighted by Crippen LogP contribution is -2.42. The molecule has 0 aromatic heterocycles. The van der Waals surface area contributed by atoms with Crippen LogP contribution < -0.4 is 10.1 Å². The Labute approximate surface area is 172 Å². The van der Waals surface area contributed by atoms with E-state index in [9.17, 15) is 20.0 Å². The molecule has 0 aliphatic carbocycles. The van der Waals surface area contributed by atoms with E-state index in [1.807, 2.05) is 36.4 Å². The van der Waals surface area contributed by atoms with E-state index in [-0.39, 0.29) is 11.7 Å². The lowest BCUT2D eigenvalue weighted by molar-refractivity contribution is -0.386. The standard InChI is InChI=1S/C22H19N3O5/c1-30-19-12-15(11-18(20(19)26)25(28)29)21-23-17-10-6-5-9-16(17)22(27)24(21)13-14-7-3-2-4-8-14/h2-12,21,23,26H,13H2,1H3/t21-/m0/s1. The van der Waals surface area contributed by atoms with Gasteiger partial charge in [-0.25, -0.2) is 0 Å². The number of nitro groups is 1. The zero-order valence-electron chi connectivity index (χ0n) is 16.1. The zero-order valence-corrected chi connectivity index (χ0v) is 16.1. The predicted octanol–water partition coefficient (Wildman–Crippen LogP) is 4.08. The molecule has 2 N–H and O–H groups in total. The summed E-state index contributed by atoms with van der Waals surface area (Å²) in [5.41, 5.74) is 2.00. The molecule has 0 saturated carbocycles. The van der Waals surface area contributed by atoms with Crippen molar-refractivity contribution >= 4 is 17.3 Å². The van der Waals surface area contributed by atoms with Crippen molar-refractivity contribution in [1.29, 1.82) is 0 Å². The molecule has 152 valence electrons. The highest BCUT2D eigenvalue weighted by Gasteiger charge is 2.35. The van der Waals surface area contributed by atoms with E-state index < -0.39 is 22.5 Å². The lowest BCUT2D eigenvalue weighted by Gasteiger charge is -2.38. The van der Waals surface area contributed by atoms with Crippen LogP contribution in [-0.4, -0.2) is 27.9 Å². The van der Waals surface area contributed by atoms with Gasteiger partial charge in [0.15, 0.2) is 5.75 Å².